The minimum absolute atomic E-state index is 0.112. The number of likely N-dealkylation sites (N-methyl/N-ethyl adjacent to an activating group) is 1. The predicted molar refractivity (Wildman–Crippen MR) is 110 cm³/mol. The van der Waals surface area contributed by atoms with Crippen molar-refractivity contribution in [2.75, 3.05) is 11.9 Å². The van der Waals surface area contributed by atoms with Crippen LogP contribution in [0, 0.1) is 5.82 Å². The highest BCUT2D eigenvalue weighted by Crippen LogP contribution is 2.28. The summed E-state index contributed by atoms with van der Waals surface area (Å²) < 4.78 is 14.6. The second-order valence-electron chi connectivity index (χ2n) is 7.37. The smallest absolute Gasteiger partial charge is 0.317 e. The van der Waals surface area contributed by atoms with Gasteiger partial charge in [0.05, 0.1) is 11.4 Å². The molecule has 2 N–H and O–H groups in total. The van der Waals surface area contributed by atoms with Gasteiger partial charge in [-0.05, 0) is 31.0 Å². The number of aliphatic imine (C=N–C) groups is 1. The fourth-order valence-electron chi connectivity index (χ4n) is 3.91. The summed E-state index contributed by atoms with van der Waals surface area (Å²) in [6.45, 7) is 0. The van der Waals surface area contributed by atoms with Crippen molar-refractivity contribution in [2.24, 2.45) is 4.99 Å². The molecule has 2 aromatic carbocycles. The van der Waals surface area contributed by atoms with E-state index in [4.69, 9.17) is 0 Å². The van der Waals surface area contributed by atoms with Gasteiger partial charge >= 0.3 is 6.03 Å². The lowest BCUT2D eigenvalue weighted by Crippen LogP contribution is -2.51. The molecule has 4 rings (SSSR count). The number of amides is 3. The zero-order valence-electron chi connectivity index (χ0n) is 16.2. The van der Waals surface area contributed by atoms with E-state index in [2.05, 4.69) is 15.6 Å². The largest absolute Gasteiger partial charge is 0.335 e. The minimum atomic E-state index is -1.15. The molecule has 3 amide bonds. The molecule has 1 saturated carbocycles. The topological polar surface area (TPSA) is 73.8 Å². The quantitative estimate of drug-likeness (QED) is 0.839. The third-order valence-electron chi connectivity index (χ3n) is 5.43. The Hall–Kier alpha value is -3.22. The predicted octanol–water partition coefficient (Wildman–Crippen LogP) is 3.21. The summed E-state index contributed by atoms with van der Waals surface area (Å²) in [6, 6.07) is 13.2. The summed E-state index contributed by atoms with van der Waals surface area (Å²) in [7, 11) is 1.63. The minimum Gasteiger partial charge on any atom is -0.335 e. The van der Waals surface area contributed by atoms with Gasteiger partial charge in [-0.3, -0.25) is 4.79 Å². The fraction of sp³-hybridized carbons (Fsp3) is 0.318. The summed E-state index contributed by atoms with van der Waals surface area (Å²) in [6.07, 6.45) is 2.88. The summed E-state index contributed by atoms with van der Waals surface area (Å²) in [4.78, 5) is 31.5. The van der Waals surface area contributed by atoms with E-state index in [1.54, 1.807) is 37.4 Å². The number of carbonyl (C=O) groups excluding carboxylic acids is 2. The molecule has 1 unspecified atom stereocenters. The maximum Gasteiger partial charge on any atom is 0.317 e. The Bertz CT molecular complexity index is 969. The first-order valence-corrected chi connectivity index (χ1v) is 9.81. The Morgan fingerprint density at radius 2 is 1.69 bits per heavy atom. The molecule has 1 atom stereocenters. The number of nitrogens with zero attached hydrogens (tertiary/aromatic N) is 2. The third-order valence-corrected chi connectivity index (χ3v) is 5.43. The molecule has 0 bridgehead atoms. The molecule has 1 heterocycles. The number of benzodiazepines with no additional fused rings is 1. The van der Waals surface area contributed by atoms with E-state index in [1.165, 1.54) is 11.0 Å². The van der Waals surface area contributed by atoms with Crippen molar-refractivity contribution in [1.29, 1.82) is 0 Å². The molecular weight excluding hydrogens is 371 g/mol. The van der Waals surface area contributed by atoms with Gasteiger partial charge < -0.3 is 15.5 Å². The van der Waals surface area contributed by atoms with E-state index < -0.39 is 18.0 Å². The van der Waals surface area contributed by atoms with Crippen molar-refractivity contribution < 1.29 is 14.0 Å². The first kappa shape index (κ1) is 19.1. The van der Waals surface area contributed by atoms with Crippen LogP contribution in [-0.4, -0.2) is 36.9 Å². The van der Waals surface area contributed by atoms with Gasteiger partial charge in [-0.15, -0.1) is 0 Å². The molecule has 7 heteroatoms. The van der Waals surface area contributed by atoms with Crippen LogP contribution in [0.15, 0.2) is 53.5 Å². The third kappa shape index (κ3) is 3.85. The van der Waals surface area contributed by atoms with E-state index in [1.807, 2.05) is 12.1 Å². The van der Waals surface area contributed by atoms with E-state index in [-0.39, 0.29) is 17.5 Å². The number of carbonyl (C=O) groups is 2. The standard InChI is InChI=1S/C22H23FN4O2/c1-27-18-13-7-5-11-16(18)19(15-10-4-6-12-17(15)23)25-20(21(27)28)26-22(29)24-14-8-2-3-9-14/h4-7,10-14,20H,2-3,8-9H2,1H3,(H2,24,26,29). The number of urea groups is 1. The highest BCUT2D eigenvalue weighted by atomic mass is 19.1. The normalized spacial score (nSPS) is 19.4. The number of benzene rings is 2. The Morgan fingerprint density at radius 3 is 2.41 bits per heavy atom. The first-order chi connectivity index (χ1) is 14.0. The van der Waals surface area contributed by atoms with Crippen LogP contribution in [0.3, 0.4) is 0 Å². The van der Waals surface area contributed by atoms with Crippen LogP contribution in [-0.2, 0) is 4.79 Å². The van der Waals surface area contributed by atoms with Crippen LogP contribution in [0.4, 0.5) is 14.9 Å². The monoisotopic (exact) mass is 394 g/mol. The van der Waals surface area contributed by atoms with Gasteiger partial charge in [0.1, 0.15) is 5.82 Å². The molecule has 0 spiro atoms. The lowest BCUT2D eigenvalue weighted by atomic mass is 10.00. The molecule has 0 saturated heterocycles. The van der Waals surface area contributed by atoms with Gasteiger partial charge in [0.15, 0.2) is 0 Å². The molecule has 0 radical (unpaired) electrons. The highest BCUT2D eigenvalue weighted by molar-refractivity contribution is 6.20. The van der Waals surface area contributed by atoms with E-state index in [0.29, 0.717) is 17.0 Å². The molecule has 6 nitrogen and oxygen atoms in total. The van der Waals surface area contributed by atoms with Crippen LogP contribution in [0.5, 0.6) is 0 Å². The number of nitrogens with one attached hydrogen (secondary N) is 2. The van der Waals surface area contributed by atoms with Gasteiger partial charge in [-0.25, -0.2) is 14.2 Å². The van der Waals surface area contributed by atoms with Gasteiger partial charge in [-0.1, -0.05) is 43.2 Å². The molecule has 2 aromatic rings. The molecule has 2 aliphatic rings. The highest BCUT2D eigenvalue weighted by Gasteiger charge is 2.32. The van der Waals surface area contributed by atoms with Crippen LogP contribution in [0.1, 0.15) is 36.8 Å². The fourth-order valence-corrected chi connectivity index (χ4v) is 3.91. The summed E-state index contributed by atoms with van der Waals surface area (Å²) >= 11 is 0. The van der Waals surface area contributed by atoms with Crippen molar-refractivity contribution in [3.05, 3.63) is 65.5 Å². The molecule has 150 valence electrons. The number of rotatable bonds is 3. The van der Waals surface area contributed by atoms with Crippen LogP contribution in [0.2, 0.25) is 0 Å². The van der Waals surface area contributed by atoms with Crippen molar-refractivity contribution >= 4 is 23.3 Å². The Kier molecular flexibility index (Phi) is 5.29. The zero-order chi connectivity index (χ0) is 20.4. The van der Waals surface area contributed by atoms with E-state index in [9.17, 15) is 14.0 Å². The van der Waals surface area contributed by atoms with Crippen molar-refractivity contribution in [2.45, 2.75) is 37.9 Å². The molecule has 1 aliphatic heterocycles. The van der Waals surface area contributed by atoms with Gasteiger partial charge in [0, 0.05) is 24.2 Å². The van der Waals surface area contributed by atoms with E-state index >= 15 is 0 Å². The lowest BCUT2D eigenvalue weighted by Gasteiger charge is -2.21. The van der Waals surface area contributed by atoms with Crippen LogP contribution >= 0.6 is 0 Å². The van der Waals surface area contributed by atoms with Gasteiger partial charge in [0.2, 0.25) is 6.17 Å². The van der Waals surface area contributed by atoms with Crippen LogP contribution < -0.4 is 15.5 Å². The second kappa shape index (κ2) is 8.03. The summed E-state index contributed by atoms with van der Waals surface area (Å²) in [5.74, 6) is -0.822. The average Bonchev–Trinajstić information content (AvgIpc) is 3.20. The molecule has 1 aliphatic carbocycles. The number of hydrogen-bond acceptors (Lipinski definition) is 3. The number of para-hydroxylation sites is 1. The maximum absolute atomic E-state index is 14.6. The maximum atomic E-state index is 14.6. The summed E-state index contributed by atoms with van der Waals surface area (Å²) in [5.41, 5.74) is 1.86. The Morgan fingerprint density at radius 1 is 1.03 bits per heavy atom. The first-order valence-electron chi connectivity index (χ1n) is 9.81. The van der Waals surface area contributed by atoms with Crippen molar-refractivity contribution in [3.63, 3.8) is 0 Å². The molecule has 0 aromatic heterocycles. The summed E-state index contributed by atoms with van der Waals surface area (Å²) in [5, 5.41) is 5.57. The van der Waals surface area contributed by atoms with Gasteiger partial charge in [-0.2, -0.15) is 0 Å². The van der Waals surface area contributed by atoms with Crippen molar-refractivity contribution in [3.8, 4) is 0 Å². The number of halogens is 1. The SMILES string of the molecule is CN1C(=O)C(NC(=O)NC2CCCC2)N=C(c2ccccc2F)c2ccccc21. The molecule has 1 fully saturated rings. The van der Waals surface area contributed by atoms with Crippen LogP contribution in [0.25, 0.3) is 0 Å². The number of fused-ring (bicyclic) bond motifs is 1. The Labute approximate surface area is 168 Å². The number of anilines is 1. The second-order valence-corrected chi connectivity index (χ2v) is 7.37. The molecule has 29 heavy (non-hydrogen) atoms. The number of hydrogen-bond donors (Lipinski definition) is 2. The van der Waals surface area contributed by atoms with Crippen molar-refractivity contribution in [1.82, 2.24) is 10.6 Å². The average molecular weight is 394 g/mol. The van der Waals surface area contributed by atoms with E-state index in [0.717, 1.165) is 25.7 Å². The Balaban J connectivity index is 1.72. The lowest BCUT2D eigenvalue weighted by molar-refractivity contribution is -0.119. The van der Waals surface area contributed by atoms with Gasteiger partial charge in [0.25, 0.3) is 5.91 Å². The zero-order valence-corrected chi connectivity index (χ0v) is 16.2. The molecular formula is C22H23FN4O2.